The number of benzene rings is 3. The number of allylic oxidation sites excluding steroid dienone is 2. The number of aliphatic hydroxyl groups excluding tert-OH is 2. The van der Waals surface area contributed by atoms with Crippen LogP contribution in [-0.2, 0) is 9.59 Å². The predicted octanol–water partition coefficient (Wildman–Crippen LogP) is 6.25. The van der Waals surface area contributed by atoms with Gasteiger partial charge in [-0.2, -0.15) is 0 Å². The number of aliphatic hydroxyl groups is 2. The minimum absolute atomic E-state index is 0.0827. The Morgan fingerprint density at radius 3 is 2.34 bits per heavy atom. The topological polar surface area (TPSA) is 98.1 Å². The fraction of sp³-hybridized carbons (Fsp3) is 0.294. The van der Waals surface area contributed by atoms with Crippen LogP contribution in [0.5, 0.6) is 5.75 Å². The Morgan fingerprint density at radius 1 is 1.02 bits per heavy atom. The first-order chi connectivity index (χ1) is 19.8. The number of phenols is 1. The van der Waals surface area contributed by atoms with E-state index in [-0.39, 0.29) is 24.2 Å². The molecule has 3 aromatic rings. The lowest BCUT2D eigenvalue weighted by atomic mass is 9.67. The van der Waals surface area contributed by atoms with Crippen LogP contribution in [0.2, 0.25) is 5.02 Å². The molecule has 0 spiro atoms. The van der Waals surface area contributed by atoms with Gasteiger partial charge in [0.25, 0.3) is 0 Å². The van der Waals surface area contributed by atoms with Gasteiger partial charge in [-0.3, -0.25) is 14.5 Å². The Bertz CT molecular complexity index is 1480. The van der Waals surface area contributed by atoms with E-state index in [1.165, 1.54) is 11.0 Å². The van der Waals surface area contributed by atoms with Gasteiger partial charge in [-0.15, -0.1) is 0 Å². The van der Waals surface area contributed by atoms with Crippen molar-refractivity contribution < 1.29 is 24.9 Å². The fourth-order valence-electron chi connectivity index (χ4n) is 6.35. The Balaban J connectivity index is 1.44. The second-order valence-electron chi connectivity index (χ2n) is 10.7. The zero-order chi connectivity index (χ0) is 29.1. The van der Waals surface area contributed by atoms with Crippen LogP contribution in [0.25, 0.3) is 11.6 Å². The molecule has 0 unspecified atom stereocenters. The molecule has 2 aliphatic rings. The number of hydrogen-bond acceptors (Lipinski definition) is 5. The third-order valence-electron chi connectivity index (χ3n) is 8.33. The average Bonchev–Trinajstić information content (AvgIpc) is 3.24. The van der Waals surface area contributed by atoms with E-state index in [9.17, 15) is 24.9 Å². The number of fused-ring (bicyclic) bond motifs is 1. The summed E-state index contributed by atoms with van der Waals surface area (Å²) in [5, 5.41) is 32.4. The smallest absolute Gasteiger partial charge is 0.238 e. The van der Waals surface area contributed by atoms with E-state index < -0.39 is 23.9 Å². The standard InChI is InChI=1S/C34H34ClNO5/c1-2-21-18-27-32(34(41)36(33(27)40)25-11-7-4-8-12-25)28(20-37)31(21)30(39)16-14-23(22-9-5-3-6-10-22)17-24-13-15-26(38)19-29(24)35/h3-13,15,17,19,27-28,30,32,37-39H,2,14,16,18,20H2,1H3/b23-17-/t27-,28+,30-,32-/m1/s1. The molecule has 212 valence electrons. The first-order valence-electron chi connectivity index (χ1n) is 14.0. The number of imide groups is 1. The third kappa shape index (κ3) is 5.73. The summed E-state index contributed by atoms with van der Waals surface area (Å²) in [6.45, 7) is 1.65. The van der Waals surface area contributed by atoms with Gasteiger partial charge < -0.3 is 15.3 Å². The number of hydrogen-bond donors (Lipinski definition) is 3. The van der Waals surface area contributed by atoms with E-state index in [2.05, 4.69) is 0 Å². The van der Waals surface area contributed by atoms with E-state index in [4.69, 9.17) is 11.6 Å². The summed E-state index contributed by atoms with van der Waals surface area (Å²) < 4.78 is 0. The molecule has 4 atom stereocenters. The van der Waals surface area contributed by atoms with E-state index >= 15 is 0 Å². The molecular weight excluding hydrogens is 538 g/mol. The largest absolute Gasteiger partial charge is 0.508 e. The number of rotatable bonds is 9. The molecule has 3 aromatic carbocycles. The molecule has 0 aromatic heterocycles. The summed E-state index contributed by atoms with van der Waals surface area (Å²) in [5.41, 5.74) is 4.82. The van der Waals surface area contributed by atoms with Gasteiger partial charge in [0.05, 0.1) is 35.3 Å². The van der Waals surface area contributed by atoms with Gasteiger partial charge in [-0.1, -0.05) is 72.6 Å². The van der Waals surface area contributed by atoms with Crippen LogP contribution in [0.4, 0.5) is 5.69 Å². The minimum Gasteiger partial charge on any atom is -0.508 e. The highest BCUT2D eigenvalue weighted by molar-refractivity contribution is 6.32. The molecule has 41 heavy (non-hydrogen) atoms. The molecule has 1 saturated heterocycles. The zero-order valence-electron chi connectivity index (χ0n) is 22.9. The highest BCUT2D eigenvalue weighted by Crippen LogP contribution is 2.48. The van der Waals surface area contributed by atoms with Gasteiger partial charge in [0.2, 0.25) is 11.8 Å². The van der Waals surface area contributed by atoms with Crippen molar-refractivity contribution >= 4 is 40.8 Å². The van der Waals surface area contributed by atoms with Gasteiger partial charge in [0.15, 0.2) is 0 Å². The lowest BCUT2D eigenvalue weighted by molar-refractivity contribution is -0.123. The minimum atomic E-state index is -0.904. The van der Waals surface area contributed by atoms with Crippen molar-refractivity contribution in [2.45, 2.75) is 38.7 Å². The first-order valence-corrected chi connectivity index (χ1v) is 14.4. The number of amides is 2. The van der Waals surface area contributed by atoms with E-state index in [1.54, 1.807) is 36.4 Å². The predicted molar refractivity (Wildman–Crippen MR) is 161 cm³/mol. The van der Waals surface area contributed by atoms with Crippen LogP contribution in [0.3, 0.4) is 0 Å². The normalized spacial score (nSPS) is 21.8. The Kier molecular flexibility index (Phi) is 8.74. The molecule has 5 rings (SSSR count). The monoisotopic (exact) mass is 571 g/mol. The maximum Gasteiger partial charge on any atom is 0.238 e. The van der Waals surface area contributed by atoms with Crippen molar-refractivity contribution in [3.05, 3.63) is 106 Å². The van der Waals surface area contributed by atoms with Crippen molar-refractivity contribution in [1.29, 1.82) is 0 Å². The molecule has 0 saturated carbocycles. The maximum absolute atomic E-state index is 13.6. The Labute approximate surface area is 245 Å². The SMILES string of the molecule is CCC1=C([C@H](O)CC/C(=C/c2ccc(O)cc2Cl)c2ccccc2)[C@H](CO)[C@@H]2C(=O)N(c3ccccc3)C(=O)[C@@H]2C1. The van der Waals surface area contributed by atoms with Gasteiger partial charge in [0, 0.05) is 5.92 Å². The molecule has 0 bridgehead atoms. The lowest BCUT2D eigenvalue weighted by Crippen LogP contribution is -2.39. The summed E-state index contributed by atoms with van der Waals surface area (Å²) in [6.07, 6.45) is 2.91. The van der Waals surface area contributed by atoms with E-state index in [1.807, 2.05) is 49.4 Å². The second-order valence-corrected chi connectivity index (χ2v) is 11.1. The van der Waals surface area contributed by atoms with Crippen LogP contribution in [0.1, 0.15) is 43.7 Å². The highest BCUT2D eigenvalue weighted by atomic mass is 35.5. The fourth-order valence-corrected chi connectivity index (χ4v) is 6.58. The number of nitrogens with zero attached hydrogens (tertiary/aromatic N) is 1. The maximum atomic E-state index is 13.6. The molecule has 1 fully saturated rings. The van der Waals surface area contributed by atoms with Crippen LogP contribution < -0.4 is 4.90 Å². The van der Waals surface area contributed by atoms with Crippen molar-refractivity contribution in [2.75, 3.05) is 11.5 Å². The van der Waals surface area contributed by atoms with Gasteiger partial charge in [0.1, 0.15) is 5.75 Å². The molecular formula is C34H34ClNO5. The molecule has 6 nitrogen and oxygen atoms in total. The van der Waals surface area contributed by atoms with Gasteiger partial charge in [-0.05, 0) is 84.4 Å². The number of halogens is 1. The summed E-state index contributed by atoms with van der Waals surface area (Å²) >= 11 is 6.40. The lowest BCUT2D eigenvalue weighted by Gasteiger charge is -2.36. The van der Waals surface area contributed by atoms with Crippen LogP contribution in [0, 0.1) is 17.8 Å². The molecule has 1 aliphatic heterocycles. The Morgan fingerprint density at radius 2 is 1.71 bits per heavy atom. The van der Waals surface area contributed by atoms with E-state index in [0.29, 0.717) is 42.0 Å². The number of para-hydroxylation sites is 1. The van der Waals surface area contributed by atoms with Crippen molar-refractivity contribution in [1.82, 2.24) is 0 Å². The Hall–Kier alpha value is -3.71. The van der Waals surface area contributed by atoms with E-state index in [0.717, 1.165) is 22.3 Å². The molecule has 3 N–H and O–H groups in total. The van der Waals surface area contributed by atoms with Gasteiger partial charge in [-0.25, -0.2) is 0 Å². The summed E-state index contributed by atoms with van der Waals surface area (Å²) in [6, 6.07) is 23.5. The zero-order valence-corrected chi connectivity index (χ0v) is 23.7. The molecule has 2 amide bonds. The summed E-state index contributed by atoms with van der Waals surface area (Å²) in [4.78, 5) is 28.3. The summed E-state index contributed by atoms with van der Waals surface area (Å²) in [7, 11) is 0. The third-order valence-corrected chi connectivity index (χ3v) is 8.65. The number of carbonyl (C=O) groups is 2. The second kappa shape index (κ2) is 12.4. The average molecular weight is 572 g/mol. The highest BCUT2D eigenvalue weighted by Gasteiger charge is 2.55. The molecule has 1 aliphatic carbocycles. The molecule has 1 heterocycles. The van der Waals surface area contributed by atoms with Crippen molar-refractivity contribution in [3.8, 4) is 5.75 Å². The van der Waals surface area contributed by atoms with Crippen LogP contribution >= 0.6 is 11.6 Å². The molecule has 7 heteroatoms. The number of carbonyl (C=O) groups excluding carboxylic acids is 2. The quantitative estimate of drug-likeness (QED) is 0.160. The number of anilines is 1. The van der Waals surface area contributed by atoms with Crippen molar-refractivity contribution in [2.24, 2.45) is 17.8 Å². The number of phenolic OH excluding ortho intramolecular Hbond substituents is 1. The van der Waals surface area contributed by atoms with Gasteiger partial charge >= 0.3 is 0 Å². The summed E-state index contributed by atoms with van der Waals surface area (Å²) in [5.74, 6) is -2.39. The van der Waals surface area contributed by atoms with Crippen LogP contribution in [0.15, 0.2) is 90.0 Å². The number of aromatic hydroxyl groups is 1. The van der Waals surface area contributed by atoms with Crippen molar-refractivity contribution in [3.63, 3.8) is 0 Å². The molecule has 0 radical (unpaired) electrons. The van der Waals surface area contributed by atoms with Crippen LogP contribution in [-0.4, -0.2) is 39.8 Å². The first kappa shape index (κ1) is 28.8.